The third-order valence-corrected chi connectivity index (χ3v) is 8.33. The van der Waals surface area contributed by atoms with Crippen LogP contribution in [0.5, 0.6) is 0 Å². The molecule has 184 valence electrons. The smallest absolute Gasteiger partial charge is 0.338 e. The number of nitrogens with zero attached hydrogens (tertiary/aromatic N) is 3. The van der Waals surface area contributed by atoms with Crippen LogP contribution in [0.1, 0.15) is 41.7 Å². The molecular weight excluding hydrogens is 514 g/mol. The summed E-state index contributed by atoms with van der Waals surface area (Å²) in [4.78, 5) is 32.8. The van der Waals surface area contributed by atoms with E-state index in [1.165, 1.54) is 22.7 Å². The van der Waals surface area contributed by atoms with Crippen LogP contribution in [0.25, 0.3) is 11.8 Å². The highest BCUT2D eigenvalue weighted by atomic mass is 35.5. The van der Waals surface area contributed by atoms with E-state index in [1.54, 1.807) is 18.4 Å². The molecule has 36 heavy (non-hydrogen) atoms. The highest BCUT2D eigenvalue weighted by Crippen LogP contribution is 2.33. The summed E-state index contributed by atoms with van der Waals surface area (Å²) in [6.45, 7) is 7.88. The maximum absolute atomic E-state index is 13.8. The maximum Gasteiger partial charge on any atom is 0.338 e. The van der Waals surface area contributed by atoms with Crippen LogP contribution in [0.15, 0.2) is 68.9 Å². The van der Waals surface area contributed by atoms with Gasteiger partial charge in [0.2, 0.25) is 0 Å². The van der Waals surface area contributed by atoms with Crippen molar-refractivity contribution in [3.8, 4) is 5.69 Å². The Hall–Kier alpha value is -3.20. The van der Waals surface area contributed by atoms with Crippen LogP contribution in [0.2, 0.25) is 5.02 Å². The number of rotatable bonds is 5. The van der Waals surface area contributed by atoms with Gasteiger partial charge in [0.25, 0.3) is 5.56 Å². The number of esters is 1. The van der Waals surface area contributed by atoms with Gasteiger partial charge in [-0.1, -0.05) is 29.0 Å². The summed E-state index contributed by atoms with van der Waals surface area (Å²) in [7, 11) is 0. The highest BCUT2D eigenvalue weighted by molar-refractivity contribution is 7.10. The fourth-order valence-electron chi connectivity index (χ4n) is 4.57. The standard InChI is InChI=1S/C27H24ClN3O3S2/c1-5-34-26(33)23-16(3)29-27-31(24(23)21-7-6-12-35-21)25(32)22(36-27)14-18-13-15(2)30(17(18)4)20-10-8-19(28)9-11-20/h6-14,24H,5H2,1-4H3/b22-14-/t24-/m0/s1. The number of thiazole rings is 1. The monoisotopic (exact) mass is 537 g/mol. The van der Waals surface area contributed by atoms with E-state index in [-0.39, 0.29) is 12.2 Å². The van der Waals surface area contributed by atoms with Crippen molar-refractivity contribution in [3.05, 3.63) is 106 Å². The van der Waals surface area contributed by atoms with Gasteiger partial charge in [0.15, 0.2) is 4.80 Å². The molecule has 0 bridgehead atoms. The predicted octanol–water partition coefficient (Wildman–Crippen LogP) is 4.92. The lowest BCUT2D eigenvalue weighted by molar-refractivity contribution is -0.139. The van der Waals surface area contributed by atoms with Crippen molar-refractivity contribution in [1.82, 2.24) is 9.13 Å². The minimum absolute atomic E-state index is 0.178. The van der Waals surface area contributed by atoms with E-state index in [0.29, 0.717) is 25.6 Å². The average Bonchev–Trinajstić information content (AvgIpc) is 3.54. The molecule has 0 radical (unpaired) electrons. The molecule has 0 spiro atoms. The van der Waals surface area contributed by atoms with Crippen LogP contribution in [-0.2, 0) is 9.53 Å². The molecule has 0 aliphatic carbocycles. The van der Waals surface area contributed by atoms with Crippen molar-refractivity contribution < 1.29 is 9.53 Å². The molecule has 1 aliphatic heterocycles. The van der Waals surface area contributed by atoms with Crippen LogP contribution in [0.3, 0.4) is 0 Å². The number of hydrogen-bond acceptors (Lipinski definition) is 6. The SMILES string of the molecule is CCOC(=O)C1=C(C)N=c2s/c(=C\c3cc(C)n(-c4ccc(Cl)cc4)c3C)c(=O)n2[C@H]1c1cccs1. The van der Waals surface area contributed by atoms with Crippen LogP contribution in [0.4, 0.5) is 0 Å². The number of allylic oxidation sites excluding steroid dienone is 1. The molecule has 6 nitrogen and oxygen atoms in total. The number of thiophene rings is 1. The third-order valence-electron chi connectivity index (χ3n) is 6.17. The van der Waals surface area contributed by atoms with Gasteiger partial charge in [-0.2, -0.15) is 0 Å². The van der Waals surface area contributed by atoms with E-state index in [1.807, 2.05) is 61.7 Å². The molecule has 0 saturated carbocycles. The Balaban J connectivity index is 1.67. The molecule has 9 heteroatoms. The predicted molar refractivity (Wildman–Crippen MR) is 145 cm³/mol. The number of fused-ring (bicyclic) bond motifs is 1. The van der Waals surface area contributed by atoms with Gasteiger partial charge in [0.05, 0.1) is 22.4 Å². The van der Waals surface area contributed by atoms with Gasteiger partial charge in [-0.25, -0.2) is 9.79 Å². The zero-order valence-corrected chi connectivity index (χ0v) is 22.6. The molecule has 4 heterocycles. The van der Waals surface area contributed by atoms with Crippen molar-refractivity contribution >= 4 is 46.3 Å². The highest BCUT2D eigenvalue weighted by Gasteiger charge is 2.33. The van der Waals surface area contributed by atoms with Crippen molar-refractivity contribution in [3.63, 3.8) is 0 Å². The lowest BCUT2D eigenvalue weighted by atomic mass is 10.0. The molecule has 5 rings (SSSR count). The molecule has 0 unspecified atom stereocenters. The maximum atomic E-state index is 13.8. The van der Waals surface area contributed by atoms with E-state index < -0.39 is 12.0 Å². The van der Waals surface area contributed by atoms with Crippen molar-refractivity contribution in [2.45, 2.75) is 33.7 Å². The molecule has 3 aromatic heterocycles. The minimum Gasteiger partial charge on any atom is -0.463 e. The summed E-state index contributed by atoms with van der Waals surface area (Å²) in [6.07, 6.45) is 1.91. The molecule has 0 N–H and O–H groups in total. The first-order valence-electron chi connectivity index (χ1n) is 11.5. The van der Waals surface area contributed by atoms with Gasteiger partial charge in [-0.05, 0) is 81.1 Å². The van der Waals surface area contributed by atoms with Gasteiger partial charge >= 0.3 is 5.97 Å². The average molecular weight is 538 g/mol. The Labute approximate surface area is 221 Å². The van der Waals surface area contributed by atoms with Crippen LogP contribution < -0.4 is 14.9 Å². The summed E-state index contributed by atoms with van der Waals surface area (Å²) >= 11 is 8.90. The number of ether oxygens (including phenoxy) is 1. The van der Waals surface area contributed by atoms with Crippen LogP contribution in [0, 0.1) is 13.8 Å². The second-order valence-electron chi connectivity index (χ2n) is 8.46. The number of aromatic nitrogens is 2. The normalized spacial score (nSPS) is 15.7. The Kier molecular flexibility index (Phi) is 6.59. The van der Waals surface area contributed by atoms with Gasteiger partial charge in [-0.3, -0.25) is 9.36 Å². The first-order valence-corrected chi connectivity index (χ1v) is 13.6. The Bertz CT molecular complexity index is 1670. The zero-order valence-electron chi connectivity index (χ0n) is 20.2. The molecular formula is C27H24ClN3O3S2. The molecule has 1 aromatic carbocycles. The van der Waals surface area contributed by atoms with Gasteiger partial charge in [0, 0.05) is 27.0 Å². The molecule has 0 saturated heterocycles. The van der Waals surface area contributed by atoms with Gasteiger partial charge in [-0.15, -0.1) is 11.3 Å². The largest absolute Gasteiger partial charge is 0.463 e. The lowest BCUT2D eigenvalue weighted by Crippen LogP contribution is -2.39. The van der Waals surface area contributed by atoms with Crippen LogP contribution >= 0.6 is 34.3 Å². The molecule has 1 aliphatic rings. The van der Waals surface area contributed by atoms with E-state index in [4.69, 9.17) is 16.3 Å². The van der Waals surface area contributed by atoms with Crippen LogP contribution in [-0.4, -0.2) is 21.7 Å². The number of carbonyl (C=O) groups is 1. The molecule has 0 amide bonds. The van der Waals surface area contributed by atoms with Crippen molar-refractivity contribution in [1.29, 1.82) is 0 Å². The summed E-state index contributed by atoms with van der Waals surface area (Å²) in [5.41, 5.74) is 4.80. The van der Waals surface area contributed by atoms with E-state index >= 15 is 0 Å². The number of carbonyl (C=O) groups excluding carboxylic acids is 1. The van der Waals surface area contributed by atoms with Crippen molar-refractivity contribution in [2.24, 2.45) is 4.99 Å². The quantitative estimate of drug-likeness (QED) is 0.339. The molecule has 0 fully saturated rings. The fourth-order valence-corrected chi connectivity index (χ4v) is 6.56. The lowest BCUT2D eigenvalue weighted by Gasteiger charge is -2.23. The van der Waals surface area contributed by atoms with E-state index in [2.05, 4.69) is 15.6 Å². The van der Waals surface area contributed by atoms with Crippen molar-refractivity contribution in [2.75, 3.05) is 6.61 Å². The number of halogens is 1. The van der Waals surface area contributed by atoms with Gasteiger partial charge in [0.1, 0.15) is 6.04 Å². The second kappa shape index (κ2) is 9.69. The topological polar surface area (TPSA) is 65.6 Å². The summed E-state index contributed by atoms with van der Waals surface area (Å²) in [5, 5.41) is 2.62. The molecule has 1 atom stereocenters. The Morgan fingerprint density at radius 1 is 1.19 bits per heavy atom. The third kappa shape index (κ3) is 4.19. The number of hydrogen-bond donors (Lipinski definition) is 0. The zero-order chi connectivity index (χ0) is 25.6. The summed E-state index contributed by atoms with van der Waals surface area (Å²) in [5.74, 6) is -0.446. The Morgan fingerprint density at radius 2 is 1.94 bits per heavy atom. The van der Waals surface area contributed by atoms with E-state index in [9.17, 15) is 9.59 Å². The molecule has 4 aromatic rings. The van der Waals surface area contributed by atoms with E-state index in [0.717, 1.165) is 27.5 Å². The fraction of sp³-hybridized carbons (Fsp3) is 0.222. The summed E-state index contributed by atoms with van der Waals surface area (Å²) in [6, 6.07) is 13.0. The number of benzene rings is 1. The van der Waals surface area contributed by atoms with Gasteiger partial charge < -0.3 is 9.30 Å². The second-order valence-corrected chi connectivity index (χ2v) is 10.9. The Morgan fingerprint density at radius 3 is 2.61 bits per heavy atom. The first kappa shape index (κ1) is 24.5. The number of aryl methyl sites for hydroxylation is 1. The first-order chi connectivity index (χ1) is 17.3. The minimum atomic E-state index is -0.566. The summed E-state index contributed by atoms with van der Waals surface area (Å²) < 4.78 is 9.66.